The van der Waals surface area contributed by atoms with E-state index in [-0.39, 0.29) is 22.4 Å². The molecule has 4 nitrogen and oxygen atoms in total. The molecule has 0 radical (unpaired) electrons. The van der Waals surface area contributed by atoms with Gasteiger partial charge in [0.15, 0.2) is 0 Å². The summed E-state index contributed by atoms with van der Waals surface area (Å²) in [5.74, 6) is -0.713. The summed E-state index contributed by atoms with van der Waals surface area (Å²) < 4.78 is 15.3. The molecule has 7 heteroatoms. The van der Waals surface area contributed by atoms with Crippen LogP contribution in [0, 0.1) is 12.7 Å². The van der Waals surface area contributed by atoms with E-state index < -0.39 is 0 Å². The van der Waals surface area contributed by atoms with Crippen LogP contribution in [0.15, 0.2) is 53.0 Å². The zero-order chi connectivity index (χ0) is 17.3. The van der Waals surface area contributed by atoms with Gasteiger partial charge in [-0.1, -0.05) is 33.6 Å². The Labute approximate surface area is 151 Å². The standard InChI is InChI=1S/C17H12BrClFN3O/c1-10-15(17(24)21-13-4-2-3-11(18)9-13)16(19)23(22-10)14-7-5-12(20)6-8-14/h2-9H,1H3,(H,21,24). The van der Waals surface area contributed by atoms with Crippen LogP contribution in [0.1, 0.15) is 16.1 Å². The molecule has 122 valence electrons. The fourth-order valence-electron chi connectivity index (χ4n) is 2.27. The minimum Gasteiger partial charge on any atom is -0.322 e. The Morgan fingerprint density at radius 1 is 1.25 bits per heavy atom. The highest BCUT2D eigenvalue weighted by atomic mass is 79.9. The average Bonchev–Trinajstić information content (AvgIpc) is 2.83. The summed E-state index contributed by atoms with van der Waals surface area (Å²) in [6, 6.07) is 12.9. The van der Waals surface area contributed by atoms with Gasteiger partial charge in [-0.2, -0.15) is 5.10 Å². The fraction of sp³-hybridized carbons (Fsp3) is 0.0588. The quantitative estimate of drug-likeness (QED) is 0.664. The number of carbonyl (C=O) groups is 1. The Kier molecular flexibility index (Phi) is 4.69. The molecule has 0 atom stereocenters. The zero-order valence-electron chi connectivity index (χ0n) is 12.6. The maximum absolute atomic E-state index is 13.1. The molecule has 0 bridgehead atoms. The molecule has 3 rings (SSSR count). The van der Waals surface area contributed by atoms with Crippen molar-refractivity contribution < 1.29 is 9.18 Å². The number of benzene rings is 2. The van der Waals surface area contributed by atoms with Crippen LogP contribution in [-0.4, -0.2) is 15.7 Å². The second-order valence-electron chi connectivity index (χ2n) is 5.10. The topological polar surface area (TPSA) is 46.9 Å². The van der Waals surface area contributed by atoms with Crippen molar-refractivity contribution in [1.82, 2.24) is 9.78 Å². The summed E-state index contributed by atoms with van der Waals surface area (Å²) in [6.45, 7) is 1.70. The number of hydrogen-bond donors (Lipinski definition) is 1. The summed E-state index contributed by atoms with van der Waals surface area (Å²) in [7, 11) is 0. The molecule has 1 heterocycles. The average molecular weight is 409 g/mol. The molecule has 1 aromatic heterocycles. The maximum atomic E-state index is 13.1. The van der Waals surface area contributed by atoms with Crippen molar-refractivity contribution in [2.45, 2.75) is 6.92 Å². The lowest BCUT2D eigenvalue weighted by molar-refractivity contribution is 0.102. The van der Waals surface area contributed by atoms with Crippen LogP contribution in [0.3, 0.4) is 0 Å². The van der Waals surface area contributed by atoms with Crippen LogP contribution < -0.4 is 5.32 Å². The van der Waals surface area contributed by atoms with E-state index in [9.17, 15) is 9.18 Å². The number of amides is 1. The van der Waals surface area contributed by atoms with Gasteiger partial charge < -0.3 is 5.32 Å². The van der Waals surface area contributed by atoms with Crippen molar-refractivity contribution in [2.75, 3.05) is 5.32 Å². The molecule has 0 aliphatic heterocycles. The number of anilines is 1. The highest BCUT2D eigenvalue weighted by molar-refractivity contribution is 9.10. The minimum atomic E-state index is -0.357. The lowest BCUT2D eigenvalue weighted by atomic mass is 10.2. The second-order valence-corrected chi connectivity index (χ2v) is 6.38. The molecule has 0 aliphatic rings. The number of halogens is 3. The number of aryl methyl sites for hydroxylation is 1. The first-order valence-corrected chi connectivity index (χ1v) is 8.21. The van der Waals surface area contributed by atoms with Crippen LogP contribution in [0.25, 0.3) is 5.69 Å². The number of carbonyl (C=O) groups excluding carboxylic acids is 1. The molecule has 0 saturated heterocycles. The molecular formula is C17H12BrClFN3O. The molecule has 0 saturated carbocycles. The van der Waals surface area contributed by atoms with E-state index in [2.05, 4.69) is 26.3 Å². The van der Waals surface area contributed by atoms with Gasteiger partial charge in [0, 0.05) is 10.2 Å². The summed E-state index contributed by atoms with van der Waals surface area (Å²) in [5.41, 5.74) is 1.98. The molecule has 0 spiro atoms. The van der Waals surface area contributed by atoms with E-state index >= 15 is 0 Å². The van der Waals surface area contributed by atoms with Crippen molar-refractivity contribution in [3.63, 3.8) is 0 Å². The number of hydrogen-bond acceptors (Lipinski definition) is 2. The fourth-order valence-corrected chi connectivity index (χ4v) is 3.03. The van der Waals surface area contributed by atoms with Crippen LogP contribution >= 0.6 is 27.5 Å². The van der Waals surface area contributed by atoms with Gasteiger partial charge in [0.1, 0.15) is 16.5 Å². The molecule has 24 heavy (non-hydrogen) atoms. The largest absolute Gasteiger partial charge is 0.322 e. The Morgan fingerprint density at radius 3 is 2.62 bits per heavy atom. The number of nitrogens with one attached hydrogen (secondary N) is 1. The summed E-state index contributed by atoms with van der Waals surface area (Å²) >= 11 is 9.69. The smallest absolute Gasteiger partial charge is 0.260 e. The van der Waals surface area contributed by atoms with Crippen molar-refractivity contribution in [3.8, 4) is 5.69 Å². The van der Waals surface area contributed by atoms with Gasteiger partial charge in [0.2, 0.25) is 0 Å². The van der Waals surface area contributed by atoms with Crippen LogP contribution in [0.5, 0.6) is 0 Å². The van der Waals surface area contributed by atoms with Crippen LogP contribution in [0.4, 0.5) is 10.1 Å². The first-order valence-electron chi connectivity index (χ1n) is 7.03. The predicted molar refractivity (Wildman–Crippen MR) is 95.4 cm³/mol. The Bertz CT molecular complexity index is 909. The minimum absolute atomic E-state index is 0.173. The molecule has 1 amide bonds. The van der Waals surface area contributed by atoms with Crippen LogP contribution in [-0.2, 0) is 0 Å². The van der Waals surface area contributed by atoms with E-state index in [4.69, 9.17) is 11.6 Å². The SMILES string of the molecule is Cc1nn(-c2ccc(F)cc2)c(Cl)c1C(=O)Nc1cccc(Br)c1. The number of nitrogens with zero attached hydrogens (tertiary/aromatic N) is 2. The van der Waals surface area contributed by atoms with E-state index in [0.717, 1.165) is 4.47 Å². The molecule has 0 fully saturated rings. The molecule has 0 aliphatic carbocycles. The van der Waals surface area contributed by atoms with Crippen molar-refractivity contribution in [2.24, 2.45) is 0 Å². The Hall–Kier alpha value is -2.18. The van der Waals surface area contributed by atoms with Gasteiger partial charge in [-0.05, 0) is 49.4 Å². The highest BCUT2D eigenvalue weighted by Gasteiger charge is 2.21. The Morgan fingerprint density at radius 2 is 1.96 bits per heavy atom. The van der Waals surface area contributed by atoms with Gasteiger partial charge >= 0.3 is 0 Å². The highest BCUT2D eigenvalue weighted by Crippen LogP contribution is 2.25. The molecular weight excluding hydrogens is 397 g/mol. The van der Waals surface area contributed by atoms with Gasteiger partial charge in [-0.3, -0.25) is 4.79 Å². The van der Waals surface area contributed by atoms with Gasteiger partial charge in [0.05, 0.1) is 11.4 Å². The molecule has 1 N–H and O–H groups in total. The first-order chi connectivity index (χ1) is 11.5. The van der Waals surface area contributed by atoms with Crippen molar-refractivity contribution in [3.05, 3.63) is 75.2 Å². The third-order valence-corrected chi connectivity index (χ3v) is 4.23. The van der Waals surface area contributed by atoms with Crippen molar-refractivity contribution in [1.29, 1.82) is 0 Å². The molecule has 0 unspecified atom stereocenters. The normalized spacial score (nSPS) is 10.7. The van der Waals surface area contributed by atoms with Gasteiger partial charge in [-0.15, -0.1) is 0 Å². The number of rotatable bonds is 3. The van der Waals surface area contributed by atoms with Gasteiger partial charge in [-0.25, -0.2) is 9.07 Å². The summed E-state index contributed by atoms with van der Waals surface area (Å²) in [4.78, 5) is 12.5. The zero-order valence-corrected chi connectivity index (χ0v) is 14.9. The third kappa shape index (κ3) is 3.34. The summed E-state index contributed by atoms with van der Waals surface area (Å²) in [6.07, 6.45) is 0. The lowest BCUT2D eigenvalue weighted by Crippen LogP contribution is -2.13. The van der Waals surface area contributed by atoms with E-state index in [1.54, 1.807) is 31.2 Å². The lowest BCUT2D eigenvalue weighted by Gasteiger charge is -2.06. The number of aromatic nitrogens is 2. The third-order valence-electron chi connectivity index (χ3n) is 3.38. The Balaban J connectivity index is 1.94. The maximum Gasteiger partial charge on any atom is 0.260 e. The first kappa shape index (κ1) is 16.7. The second kappa shape index (κ2) is 6.75. The van der Waals surface area contributed by atoms with Crippen LogP contribution in [0.2, 0.25) is 5.15 Å². The molecule has 2 aromatic carbocycles. The molecule has 3 aromatic rings. The van der Waals surface area contributed by atoms with E-state index in [1.807, 2.05) is 12.1 Å². The predicted octanol–water partition coefficient (Wildman–Crippen LogP) is 4.99. The summed E-state index contributed by atoms with van der Waals surface area (Å²) in [5, 5.41) is 7.24. The van der Waals surface area contributed by atoms with E-state index in [0.29, 0.717) is 17.1 Å². The van der Waals surface area contributed by atoms with Gasteiger partial charge in [0.25, 0.3) is 5.91 Å². The monoisotopic (exact) mass is 407 g/mol. The van der Waals surface area contributed by atoms with Crippen molar-refractivity contribution >= 4 is 39.1 Å². The van der Waals surface area contributed by atoms with E-state index in [1.165, 1.54) is 16.8 Å².